The van der Waals surface area contributed by atoms with Crippen LogP contribution in [0.3, 0.4) is 0 Å². The Bertz CT molecular complexity index is 277. The summed E-state index contributed by atoms with van der Waals surface area (Å²) in [6.07, 6.45) is 3.72. The van der Waals surface area contributed by atoms with Crippen molar-refractivity contribution in [1.82, 2.24) is 9.97 Å². The minimum atomic E-state index is 0.238. The van der Waals surface area contributed by atoms with Crippen molar-refractivity contribution in [3.63, 3.8) is 0 Å². The molecule has 0 saturated carbocycles. The second kappa shape index (κ2) is 5.36. The maximum atomic E-state index is 8.26. The third-order valence-corrected chi connectivity index (χ3v) is 2.24. The van der Waals surface area contributed by atoms with Crippen molar-refractivity contribution in [1.29, 1.82) is 0 Å². The predicted molar refractivity (Wildman–Crippen MR) is 50.8 cm³/mol. The summed E-state index contributed by atoms with van der Waals surface area (Å²) < 4.78 is 0. The highest BCUT2D eigenvalue weighted by atomic mass is 32.2. The average molecular weight is 198 g/mol. The normalized spacial score (nSPS) is 11.5. The maximum Gasteiger partial charge on any atom is 0.139 e. The number of hydrogen-bond acceptors (Lipinski definition) is 5. The van der Waals surface area contributed by atoms with Crippen LogP contribution in [0.4, 0.5) is 0 Å². The van der Waals surface area contributed by atoms with E-state index in [4.69, 9.17) is 10.9 Å². The van der Waals surface area contributed by atoms with Gasteiger partial charge in [-0.15, -0.1) is 11.8 Å². The van der Waals surface area contributed by atoms with E-state index in [0.717, 1.165) is 10.8 Å². The zero-order valence-electron chi connectivity index (χ0n) is 6.92. The van der Waals surface area contributed by atoms with E-state index in [0.29, 0.717) is 6.42 Å². The molecule has 1 aromatic heterocycles. The summed E-state index contributed by atoms with van der Waals surface area (Å²) in [5.74, 6) is 0.981. The molecule has 13 heavy (non-hydrogen) atoms. The number of hydrogen-bond donors (Lipinski definition) is 2. The van der Waals surface area contributed by atoms with Gasteiger partial charge in [0.2, 0.25) is 0 Å². The second-order valence-corrected chi connectivity index (χ2v) is 3.35. The molecule has 70 valence electrons. The van der Waals surface area contributed by atoms with Gasteiger partial charge in [-0.2, -0.15) is 0 Å². The number of rotatable bonds is 4. The molecular weight excluding hydrogens is 188 g/mol. The number of aromatic nitrogens is 2. The molecule has 0 fully saturated rings. The van der Waals surface area contributed by atoms with E-state index in [1.807, 2.05) is 6.07 Å². The van der Waals surface area contributed by atoms with E-state index < -0.39 is 0 Å². The van der Waals surface area contributed by atoms with E-state index in [1.54, 1.807) is 18.0 Å². The van der Waals surface area contributed by atoms with Gasteiger partial charge in [-0.05, 0) is 6.07 Å². The monoisotopic (exact) mass is 198 g/mol. The van der Waals surface area contributed by atoms with Crippen LogP contribution >= 0.6 is 11.8 Å². The van der Waals surface area contributed by atoms with Gasteiger partial charge in [-0.3, -0.25) is 0 Å². The summed E-state index contributed by atoms with van der Waals surface area (Å²) >= 11 is 1.54. The summed E-state index contributed by atoms with van der Waals surface area (Å²) in [7, 11) is 0. The van der Waals surface area contributed by atoms with E-state index in [1.165, 1.54) is 6.33 Å². The molecule has 0 aromatic carbocycles. The zero-order chi connectivity index (χ0) is 9.52. The Balaban J connectivity index is 2.28. The van der Waals surface area contributed by atoms with Crippen molar-refractivity contribution >= 4 is 17.6 Å². The van der Waals surface area contributed by atoms with E-state index in [9.17, 15) is 0 Å². The lowest BCUT2D eigenvalue weighted by Gasteiger charge is -1.98. The summed E-state index contributed by atoms with van der Waals surface area (Å²) in [5.41, 5.74) is 5.29. The smallest absolute Gasteiger partial charge is 0.139 e. The first kappa shape index (κ1) is 9.79. The molecule has 1 aromatic rings. The molecule has 3 N–H and O–H groups in total. The number of oxime groups is 1. The molecule has 5 nitrogen and oxygen atoms in total. The first-order chi connectivity index (χ1) is 6.33. The zero-order valence-corrected chi connectivity index (χ0v) is 7.74. The Morgan fingerprint density at radius 3 is 3.15 bits per heavy atom. The molecule has 0 amide bonds. The summed E-state index contributed by atoms with van der Waals surface area (Å²) in [4.78, 5) is 7.80. The molecule has 0 aliphatic heterocycles. The molecule has 0 spiro atoms. The van der Waals surface area contributed by atoms with Gasteiger partial charge >= 0.3 is 0 Å². The number of nitrogens with two attached hydrogens (primary N) is 1. The van der Waals surface area contributed by atoms with Gasteiger partial charge in [0.25, 0.3) is 0 Å². The summed E-state index contributed by atoms with van der Waals surface area (Å²) in [5, 5.41) is 12.0. The fourth-order valence-corrected chi connectivity index (χ4v) is 1.47. The standard InChI is InChI=1S/C7H10N4OS/c8-6(11-12)2-4-13-7-1-3-9-5-10-7/h1,3,5,12H,2,4H2,(H2,8,11). The molecular formula is C7H10N4OS. The molecule has 0 aliphatic carbocycles. The molecule has 0 bridgehead atoms. The van der Waals surface area contributed by atoms with Gasteiger partial charge in [0.15, 0.2) is 0 Å². The van der Waals surface area contributed by atoms with Crippen molar-refractivity contribution < 1.29 is 5.21 Å². The minimum Gasteiger partial charge on any atom is -0.409 e. The Morgan fingerprint density at radius 1 is 1.69 bits per heavy atom. The average Bonchev–Trinajstić information content (AvgIpc) is 2.19. The third-order valence-electron chi connectivity index (χ3n) is 1.29. The highest BCUT2D eigenvalue weighted by molar-refractivity contribution is 7.99. The fourth-order valence-electron chi connectivity index (χ4n) is 0.674. The maximum absolute atomic E-state index is 8.26. The van der Waals surface area contributed by atoms with Gasteiger partial charge in [-0.1, -0.05) is 5.16 Å². The van der Waals surface area contributed by atoms with Crippen LogP contribution in [0.25, 0.3) is 0 Å². The number of amidine groups is 1. The minimum absolute atomic E-state index is 0.238. The van der Waals surface area contributed by atoms with Gasteiger partial charge < -0.3 is 10.9 Å². The van der Waals surface area contributed by atoms with E-state index in [2.05, 4.69) is 15.1 Å². The van der Waals surface area contributed by atoms with Crippen LogP contribution in [0.5, 0.6) is 0 Å². The first-order valence-electron chi connectivity index (χ1n) is 3.68. The Kier molecular flexibility index (Phi) is 4.04. The van der Waals surface area contributed by atoms with Crippen LogP contribution in [-0.2, 0) is 0 Å². The summed E-state index contributed by atoms with van der Waals surface area (Å²) in [6, 6.07) is 1.82. The van der Waals surface area contributed by atoms with Crippen LogP contribution in [-0.4, -0.2) is 26.8 Å². The highest BCUT2D eigenvalue weighted by Crippen LogP contribution is 2.13. The first-order valence-corrected chi connectivity index (χ1v) is 4.66. The van der Waals surface area contributed by atoms with E-state index in [-0.39, 0.29) is 5.84 Å². The lowest BCUT2D eigenvalue weighted by atomic mass is 10.5. The Hall–Kier alpha value is -1.30. The quantitative estimate of drug-likeness (QED) is 0.186. The Morgan fingerprint density at radius 2 is 2.54 bits per heavy atom. The van der Waals surface area contributed by atoms with Crippen LogP contribution in [0, 0.1) is 0 Å². The molecule has 0 aliphatic rings. The Labute approximate surface area is 80.1 Å². The van der Waals surface area contributed by atoms with Crippen LogP contribution in [0.2, 0.25) is 0 Å². The lowest BCUT2D eigenvalue weighted by molar-refractivity contribution is 0.317. The van der Waals surface area contributed by atoms with Gasteiger partial charge in [0.05, 0.1) is 5.03 Å². The molecule has 1 heterocycles. The molecule has 0 radical (unpaired) electrons. The molecule has 6 heteroatoms. The van der Waals surface area contributed by atoms with Crippen molar-refractivity contribution in [2.24, 2.45) is 10.9 Å². The fraction of sp³-hybridized carbons (Fsp3) is 0.286. The van der Waals surface area contributed by atoms with Crippen molar-refractivity contribution in [2.75, 3.05) is 5.75 Å². The van der Waals surface area contributed by atoms with Crippen molar-refractivity contribution in [3.8, 4) is 0 Å². The molecule has 1 rings (SSSR count). The van der Waals surface area contributed by atoms with Crippen molar-refractivity contribution in [2.45, 2.75) is 11.4 Å². The number of thioether (sulfide) groups is 1. The van der Waals surface area contributed by atoms with Crippen LogP contribution < -0.4 is 5.73 Å². The van der Waals surface area contributed by atoms with Gasteiger partial charge in [0.1, 0.15) is 12.2 Å². The summed E-state index contributed by atoms with van der Waals surface area (Å²) in [6.45, 7) is 0. The highest BCUT2D eigenvalue weighted by Gasteiger charge is 1.96. The third kappa shape index (κ3) is 3.75. The predicted octanol–water partition coefficient (Wildman–Crippen LogP) is 0.705. The molecule has 0 unspecified atom stereocenters. The van der Waals surface area contributed by atoms with Crippen LogP contribution in [0.1, 0.15) is 6.42 Å². The molecule has 0 saturated heterocycles. The lowest BCUT2D eigenvalue weighted by Crippen LogP contribution is -2.12. The van der Waals surface area contributed by atoms with Gasteiger partial charge in [-0.25, -0.2) is 9.97 Å². The second-order valence-electron chi connectivity index (χ2n) is 2.24. The number of nitrogens with zero attached hydrogens (tertiary/aromatic N) is 3. The van der Waals surface area contributed by atoms with Gasteiger partial charge in [0, 0.05) is 18.4 Å². The van der Waals surface area contributed by atoms with Crippen molar-refractivity contribution in [3.05, 3.63) is 18.6 Å². The van der Waals surface area contributed by atoms with E-state index >= 15 is 0 Å². The SMILES string of the molecule is NC(CCSc1ccncn1)=NO. The van der Waals surface area contributed by atoms with Crippen LogP contribution in [0.15, 0.2) is 28.8 Å². The topological polar surface area (TPSA) is 84.4 Å². The molecule has 0 atom stereocenters. The largest absolute Gasteiger partial charge is 0.409 e.